The van der Waals surface area contributed by atoms with E-state index < -0.39 is 0 Å². The van der Waals surface area contributed by atoms with E-state index >= 15 is 0 Å². The van der Waals surface area contributed by atoms with Gasteiger partial charge < -0.3 is 4.74 Å². The Balaban J connectivity index is 1.59. The Bertz CT molecular complexity index is 1730. The highest BCUT2D eigenvalue weighted by Gasteiger charge is 2.23. The van der Waals surface area contributed by atoms with Gasteiger partial charge in [0.1, 0.15) is 5.75 Å². The molecule has 6 heteroatoms. The fraction of sp³-hybridized carbons (Fsp3) is 0.108. The molecular weight excluding hydrogens is 530 g/mol. The fourth-order valence-corrected chi connectivity index (χ4v) is 5.13. The molecule has 0 saturated heterocycles. The molecule has 0 atom stereocenters. The average molecular weight is 564 g/mol. The molecule has 43 heavy (non-hydrogen) atoms. The van der Waals surface area contributed by atoms with Crippen LogP contribution in [0, 0.1) is 27.7 Å². The van der Waals surface area contributed by atoms with Gasteiger partial charge in [0.2, 0.25) is 11.9 Å². The molecule has 0 saturated carbocycles. The van der Waals surface area contributed by atoms with Crippen molar-refractivity contribution in [3.05, 3.63) is 150 Å². The largest absolute Gasteiger partial charge is 0.424 e. The SMILES string of the molecule is Cc1cc(C)cc(Oc2nc(N(c3ccccc3)c3cccc(C)c3)nc(N(c3ccccc3)c3cccc(C)c3)n2)c1. The van der Waals surface area contributed by atoms with Crippen molar-refractivity contribution in [1.29, 1.82) is 0 Å². The highest BCUT2D eigenvalue weighted by Crippen LogP contribution is 2.38. The van der Waals surface area contributed by atoms with E-state index in [0.717, 1.165) is 45.0 Å². The number of nitrogens with zero attached hydrogens (tertiary/aromatic N) is 5. The van der Waals surface area contributed by atoms with E-state index in [9.17, 15) is 0 Å². The first-order chi connectivity index (χ1) is 20.9. The number of aryl methyl sites for hydroxylation is 4. The van der Waals surface area contributed by atoms with Gasteiger partial charge in [-0.1, -0.05) is 66.7 Å². The summed E-state index contributed by atoms with van der Waals surface area (Å²) in [4.78, 5) is 19.0. The molecule has 5 aromatic carbocycles. The summed E-state index contributed by atoms with van der Waals surface area (Å²) < 4.78 is 6.40. The monoisotopic (exact) mass is 563 g/mol. The Kier molecular flexibility index (Phi) is 7.83. The standard InChI is InChI=1S/C37H33N5O/c1-26-13-11-19-32(22-26)41(30-15-7-5-8-16-30)35-38-36(40-37(39-35)43-34-24-28(3)21-29(4)25-34)42(31-17-9-6-10-18-31)33-20-12-14-27(2)23-33/h5-25H,1-4H3. The zero-order valence-corrected chi connectivity index (χ0v) is 24.8. The van der Waals surface area contributed by atoms with Gasteiger partial charge in [-0.3, -0.25) is 9.80 Å². The van der Waals surface area contributed by atoms with Gasteiger partial charge in [-0.15, -0.1) is 0 Å². The Labute approximate surface area is 252 Å². The van der Waals surface area contributed by atoms with Crippen LogP contribution in [0.4, 0.5) is 34.6 Å². The maximum atomic E-state index is 6.40. The lowest BCUT2D eigenvalue weighted by Gasteiger charge is -2.27. The third kappa shape index (κ3) is 6.39. The predicted molar refractivity (Wildman–Crippen MR) is 175 cm³/mol. The molecule has 212 valence electrons. The number of ether oxygens (including phenoxy) is 1. The first kappa shape index (κ1) is 27.7. The van der Waals surface area contributed by atoms with Crippen LogP contribution in [0.2, 0.25) is 0 Å². The Morgan fingerprint density at radius 3 is 1.30 bits per heavy atom. The lowest BCUT2D eigenvalue weighted by Crippen LogP contribution is -2.19. The fourth-order valence-electron chi connectivity index (χ4n) is 5.13. The van der Waals surface area contributed by atoms with Crippen molar-refractivity contribution >= 4 is 34.6 Å². The first-order valence-electron chi connectivity index (χ1n) is 14.3. The number of hydrogen-bond acceptors (Lipinski definition) is 6. The van der Waals surface area contributed by atoms with Crippen molar-refractivity contribution in [2.24, 2.45) is 0 Å². The smallest absolute Gasteiger partial charge is 0.328 e. The quantitative estimate of drug-likeness (QED) is 0.184. The third-order valence-electron chi connectivity index (χ3n) is 6.94. The van der Waals surface area contributed by atoms with Gasteiger partial charge in [-0.2, -0.15) is 15.0 Å². The van der Waals surface area contributed by atoms with Crippen LogP contribution in [-0.4, -0.2) is 15.0 Å². The van der Waals surface area contributed by atoms with E-state index in [1.165, 1.54) is 0 Å². The molecule has 6 rings (SSSR count). The molecule has 0 spiro atoms. The summed E-state index contributed by atoms with van der Waals surface area (Å²) in [5, 5.41) is 0. The average Bonchev–Trinajstić information content (AvgIpc) is 2.98. The molecule has 0 amide bonds. The number of benzene rings is 5. The molecule has 6 aromatic rings. The van der Waals surface area contributed by atoms with Crippen LogP contribution < -0.4 is 14.5 Å². The van der Waals surface area contributed by atoms with Gasteiger partial charge in [-0.25, -0.2) is 0 Å². The minimum absolute atomic E-state index is 0.201. The lowest BCUT2D eigenvalue weighted by molar-refractivity contribution is 0.440. The van der Waals surface area contributed by atoms with Crippen molar-refractivity contribution < 1.29 is 4.74 Å². The van der Waals surface area contributed by atoms with Crippen molar-refractivity contribution in [3.63, 3.8) is 0 Å². The molecular formula is C37H33N5O. The van der Waals surface area contributed by atoms with E-state index in [2.05, 4.69) is 56.3 Å². The Hall–Kier alpha value is -5.49. The Morgan fingerprint density at radius 1 is 0.419 bits per heavy atom. The molecule has 0 aliphatic carbocycles. The topological polar surface area (TPSA) is 54.4 Å². The van der Waals surface area contributed by atoms with E-state index in [0.29, 0.717) is 17.6 Å². The van der Waals surface area contributed by atoms with Crippen LogP contribution in [0.3, 0.4) is 0 Å². The summed E-state index contributed by atoms with van der Waals surface area (Å²) in [5.74, 6) is 1.55. The second-order valence-electron chi connectivity index (χ2n) is 10.7. The van der Waals surface area contributed by atoms with Crippen LogP contribution in [0.25, 0.3) is 0 Å². The molecule has 1 aromatic heterocycles. The second kappa shape index (κ2) is 12.2. The predicted octanol–water partition coefficient (Wildman–Crippen LogP) is 9.84. The van der Waals surface area contributed by atoms with Crippen LogP contribution in [0.15, 0.2) is 127 Å². The van der Waals surface area contributed by atoms with Gasteiger partial charge in [0.05, 0.1) is 0 Å². The van der Waals surface area contributed by atoms with Crippen molar-refractivity contribution in [1.82, 2.24) is 15.0 Å². The molecule has 6 nitrogen and oxygen atoms in total. The zero-order valence-electron chi connectivity index (χ0n) is 24.8. The summed E-state index contributed by atoms with van der Waals surface area (Å²) in [6, 6.07) is 43.1. The molecule has 0 bridgehead atoms. The van der Waals surface area contributed by atoms with Crippen LogP contribution in [0.5, 0.6) is 11.8 Å². The minimum Gasteiger partial charge on any atom is -0.424 e. The molecule has 0 fully saturated rings. The van der Waals surface area contributed by atoms with Gasteiger partial charge in [0.25, 0.3) is 0 Å². The molecule has 0 radical (unpaired) electrons. The lowest BCUT2D eigenvalue weighted by atomic mass is 10.1. The summed E-state index contributed by atoms with van der Waals surface area (Å²) in [7, 11) is 0. The number of anilines is 6. The van der Waals surface area contributed by atoms with Gasteiger partial charge in [0, 0.05) is 22.7 Å². The van der Waals surface area contributed by atoms with Gasteiger partial charge in [-0.05, 0) is 111 Å². The highest BCUT2D eigenvalue weighted by molar-refractivity contribution is 5.76. The number of aromatic nitrogens is 3. The number of rotatable bonds is 8. The molecule has 0 aliphatic rings. The van der Waals surface area contributed by atoms with E-state index in [1.54, 1.807) is 0 Å². The van der Waals surface area contributed by atoms with Gasteiger partial charge >= 0.3 is 6.01 Å². The summed E-state index contributed by atoms with van der Waals surface area (Å²) in [6.45, 7) is 8.26. The molecule has 0 aliphatic heterocycles. The highest BCUT2D eigenvalue weighted by atomic mass is 16.5. The maximum absolute atomic E-state index is 6.40. The van der Waals surface area contributed by atoms with Gasteiger partial charge in [0.15, 0.2) is 0 Å². The summed E-state index contributed by atoms with van der Waals surface area (Å²) in [5.41, 5.74) is 8.16. The molecule has 0 unspecified atom stereocenters. The zero-order chi connectivity index (χ0) is 29.8. The maximum Gasteiger partial charge on any atom is 0.328 e. The van der Waals surface area contributed by atoms with E-state index in [1.807, 2.05) is 109 Å². The van der Waals surface area contributed by atoms with Crippen molar-refractivity contribution in [3.8, 4) is 11.8 Å². The molecule has 0 N–H and O–H groups in total. The number of hydrogen-bond donors (Lipinski definition) is 0. The van der Waals surface area contributed by atoms with Crippen LogP contribution >= 0.6 is 0 Å². The third-order valence-corrected chi connectivity index (χ3v) is 6.94. The number of para-hydroxylation sites is 2. The van der Waals surface area contributed by atoms with Crippen molar-refractivity contribution in [2.45, 2.75) is 27.7 Å². The Morgan fingerprint density at radius 2 is 0.860 bits per heavy atom. The van der Waals surface area contributed by atoms with E-state index in [-0.39, 0.29) is 6.01 Å². The van der Waals surface area contributed by atoms with Crippen LogP contribution in [0.1, 0.15) is 22.3 Å². The summed E-state index contributed by atoms with van der Waals surface area (Å²) >= 11 is 0. The molecule has 1 heterocycles. The summed E-state index contributed by atoms with van der Waals surface area (Å²) in [6.07, 6.45) is 0. The van der Waals surface area contributed by atoms with Crippen molar-refractivity contribution in [2.75, 3.05) is 9.80 Å². The second-order valence-corrected chi connectivity index (χ2v) is 10.7. The van der Waals surface area contributed by atoms with E-state index in [4.69, 9.17) is 19.7 Å². The minimum atomic E-state index is 0.201. The normalized spacial score (nSPS) is 10.8. The first-order valence-corrected chi connectivity index (χ1v) is 14.3. The van der Waals surface area contributed by atoms with Crippen LogP contribution in [-0.2, 0) is 0 Å².